The lowest BCUT2D eigenvalue weighted by atomic mass is 9.46. The monoisotopic (exact) mass is 522 g/mol. The van der Waals surface area contributed by atoms with Crippen LogP contribution < -0.4 is 0 Å². The number of ketones is 2. The number of aliphatic carboxylic acids is 1. The molecule has 1 aliphatic heterocycles. The van der Waals surface area contributed by atoms with Crippen LogP contribution in [-0.2, 0) is 23.9 Å². The number of carbonyl (C=O) groups excluding carboxylic acids is 2. The molecule has 3 saturated carbocycles. The van der Waals surface area contributed by atoms with Crippen molar-refractivity contribution < 1.29 is 49.4 Å². The van der Waals surface area contributed by atoms with E-state index in [1.165, 1.54) is 5.57 Å². The first-order valence-corrected chi connectivity index (χ1v) is 13.4. The van der Waals surface area contributed by atoms with Crippen LogP contribution in [0.15, 0.2) is 11.6 Å². The van der Waals surface area contributed by atoms with Crippen LogP contribution in [0.4, 0.5) is 0 Å². The van der Waals surface area contributed by atoms with E-state index in [1.807, 2.05) is 13.0 Å². The van der Waals surface area contributed by atoms with E-state index in [2.05, 4.69) is 6.92 Å². The van der Waals surface area contributed by atoms with Gasteiger partial charge in [0.1, 0.15) is 30.5 Å². The van der Waals surface area contributed by atoms with Crippen molar-refractivity contribution in [1.82, 2.24) is 0 Å². The largest absolute Gasteiger partial charge is 0.479 e. The lowest BCUT2D eigenvalue weighted by Crippen LogP contribution is -2.61. The van der Waals surface area contributed by atoms with Gasteiger partial charge in [0.05, 0.1) is 0 Å². The van der Waals surface area contributed by atoms with E-state index in [0.717, 1.165) is 25.7 Å². The smallest absolute Gasteiger partial charge is 0.335 e. The lowest BCUT2D eigenvalue weighted by Gasteiger charge is -2.58. The summed E-state index contributed by atoms with van der Waals surface area (Å²) in [7, 11) is 0. The Morgan fingerprint density at radius 2 is 1.70 bits per heavy atom. The second kappa shape index (κ2) is 9.20. The Bertz CT molecular complexity index is 1010. The SMILES string of the molecule is C[C@]12CCC(=O)C=C1CC[C@@H]1[C@@H]2CC[C@@]2(C)[C@H]1CC[C@]2(O)C(=O)CO[C@H]1O[C@H](C(=O)O)[C@H](O)[C@@H](O)[C@@H]1O. The number of rotatable bonds is 5. The Balaban J connectivity index is 1.30. The summed E-state index contributed by atoms with van der Waals surface area (Å²) < 4.78 is 10.5. The van der Waals surface area contributed by atoms with Crippen LogP contribution in [0.1, 0.15) is 65.2 Å². The molecule has 5 rings (SSSR count). The molecule has 5 N–H and O–H groups in total. The highest BCUT2D eigenvalue weighted by Crippen LogP contribution is 2.67. The van der Waals surface area contributed by atoms with Crippen LogP contribution in [0.3, 0.4) is 0 Å². The van der Waals surface area contributed by atoms with E-state index in [0.29, 0.717) is 31.1 Å². The fraction of sp³-hybridized carbons (Fsp3) is 0.815. The molecule has 37 heavy (non-hydrogen) atoms. The molecule has 4 fully saturated rings. The van der Waals surface area contributed by atoms with Crippen molar-refractivity contribution in [2.24, 2.45) is 28.6 Å². The highest BCUT2D eigenvalue weighted by Gasteiger charge is 2.66. The van der Waals surface area contributed by atoms with E-state index < -0.39 is 60.1 Å². The van der Waals surface area contributed by atoms with Gasteiger partial charge in [0.25, 0.3) is 0 Å². The van der Waals surface area contributed by atoms with Crippen molar-refractivity contribution in [2.75, 3.05) is 6.61 Å². The van der Waals surface area contributed by atoms with Gasteiger partial charge in [-0.3, -0.25) is 9.59 Å². The number of hydrogen-bond donors (Lipinski definition) is 5. The van der Waals surface area contributed by atoms with Crippen LogP contribution in [-0.4, -0.2) is 86.0 Å². The van der Waals surface area contributed by atoms with E-state index in [4.69, 9.17) is 9.47 Å². The Morgan fingerprint density at radius 1 is 1.00 bits per heavy atom. The molecule has 10 heteroatoms. The van der Waals surface area contributed by atoms with Gasteiger partial charge >= 0.3 is 5.97 Å². The number of carbonyl (C=O) groups is 3. The van der Waals surface area contributed by atoms with E-state index >= 15 is 0 Å². The average Bonchev–Trinajstić information content (AvgIpc) is 3.14. The normalized spacial score (nSPS) is 49.5. The van der Waals surface area contributed by atoms with Gasteiger partial charge in [-0.05, 0) is 74.2 Å². The van der Waals surface area contributed by atoms with Crippen molar-refractivity contribution in [3.8, 4) is 0 Å². The Kier molecular flexibility index (Phi) is 6.69. The summed E-state index contributed by atoms with van der Waals surface area (Å²) in [4.78, 5) is 36.8. The second-order valence-corrected chi connectivity index (χ2v) is 12.3. The zero-order chi connectivity index (χ0) is 26.9. The molecule has 0 radical (unpaired) electrons. The van der Waals surface area contributed by atoms with Crippen LogP contribution in [0.5, 0.6) is 0 Å². The molecule has 0 unspecified atom stereocenters. The molecule has 10 nitrogen and oxygen atoms in total. The topological polar surface area (TPSA) is 171 Å². The maximum atomic E-state index is 13.4. The number of allylic oxidation sites excluding steroid dienone is 1. The first-order valence-electron chi connectivity index (χ1n) is 13.4. The summed E-state index contributed by atoms with van der Waals surface area (Å²) in [5.74, 6) is -1.02. The molecule has 0 spiro atoms. The summed E-state index contributed by atoms with van der Waals surface area (Å²) in [6.07, 6.45) is -1.37. The molecule has 0 amide bonds. The molecule has 206 valence electrons. The zero-order valence-electron chi connectivity index (χ0n) is 21.3. The molecule has 11 atom stereocenters. The first kappa shape index (κ1) is 26.9. The van der Waals surface area contributed by atoms with Crippen molar-refractivity contribution in [3.63, 3.8) is 0 Å². The molecule has 4 aliphatic carbocycles. The maximum Gasteiger partial charge on any atom is 0.335 e. The minimum absolute atomic E-state index is 0.0213. The fourth-order valence-corrected chi connectivity index (χ4v) is 8.50. The Labute approximate surface area is 215 Å². The van der Waals surface area contributed by atoms with Gasteiger partial charge < -0.3 is 35.0 Å². The predicted octanol–water partition coefficient (Wildman–Crippen LogP) is 0.727. The first-order chi connectivity index (χ1) is 17.3. The van der Waals surface area contributed by atoms with Crippen LogP contribution in [0, 0.1) is 28.6 Å². The van der Waals surface area contributed by atoms with E-state index in [-0.39, 0.29) is 23.5 Å². The van der Waals surface area contributed by atoms with Crippen LogP contribution in [0.25, 0.3) is 0 Å². The third-order valence-electron chi connectivity index (χ3n) is 10.8. The third kappa shape index (κ3) is 3.94. The molecule has 0 aromatic carbocycles. The summed E-state index contributed by atoms with van der Waals surface area (Å²) >= 11 is 0. The number of aliphatic hydroxyl groups is 4. The van der Waals surface area contributed by atoms with Crippen molar-refractivity contribution in [3.05, 3.63) is 11.6 Å². The second-order valence-electron chi connectivity index (χ2n) is 12.3. The Hall–Kier alpha value is -1.69. The molecular weight excluding hydrogens is 484 g/mol. The summed E-state index contributed by atoms with van der Waals surface area (Å²) in [5.41, 5.74) is -1.08. The molecule has 0 aromatic rings. The van der Waals surface area contributed by atoms with Gasteiger partial charge in [0.15, 0.2) is 24.0 Å². The number of hydrogen-bond acceptors (Lipinski definition) is 9. The number of ether oxygens (including phenoxy) is 2. The van der Waals surface area contributed by atoms with Crippen LogP contribution >= 0.6 is 0 Å². The van der Waals surface area contributed by atoms with Gasteiger partial charge in [0.2, 0.25) is 0 Å². The predicted molar refractivity (Wildman–Crippen MR) is 127 cm³/mol. The fourth-order valence-electron chi connectivity index (χ4n) is 8.50. The minimum Gasteiger partial charge on any atom is -0.479 e. The van der Waals surface area contributed by atoms with Crippen molar-refractivity contribution >= 4 is 17.5 Å². The maximum absolute atomic E-state index is 13.4. The van der Waals surface area contributed by atoms with Gasteiger partial charge in [-0.25, -0.2) is 4.79 Å². The number of carboxylic acid groups (broad SMARTS) is 1. The molecular formula is C27H38O10. The number of fused-ring (bicyclic) bond motifs is 5. The van der Waals surface area contributed by atoms with Crippen molar-refractivity contribution in [2.45, 2.75) is 102 Å². The quantitative estimate of drug-likeness (QED) is 0.347. The highest BCUT2D eigenvalue weighted by molar-refractivity contribution is 5.92. The van der Waals surface area contributed by atoms with Gasteiger partial charge in [0, 0.05) is 11.8 Å². The molecule has 1 heterocycles. The molecule has 0 aromatic heterocycles. The molecule has 1 saturated heterocycles. The number of carboxylic acids is 1. The summed E-state index contributed by atoms with van der Waals surface area (Å²) in [5, 5.41) is 51.1. The van der Waals surface area contributed by atoms with Gasteiger partial charge in [-0.15, -0.1) is 0 Å². The van der Waals surface area contributed by atoms with Gasteiger partial charge in [-0.2, -0.15) is 0 Å². The lowest BCUT2D eigenvalue weighted by molar-refractivity contribution is -0.293. The standard InChI is InChI=1S/C27H38O10/c1-25-8-5-14(28)11-13(25)3-4-15-16(25)6-9-26(2)17(15)7-10-27(26,35)18(29)12-36-24-21(32)19(30)20(31)22(37-24)23(33)34/h11,15-17,19-22,24,30-32,35H,3-10,12H2,1-2H3,(H,33,34)/t15-,16+,17+,19-,20-,21+,22+,24+,25+,26+,27+/m1/s1. The van der Waals surface area contributed by atoms with Crippen molar-refractivity contribution in [1.29, 1.82) is 0 Å². The van der Waals surface area contributed by atoms with Crippen LogP contribution in [0.2, 0.25) is 0 Å². The van der Waals surface area contributed by atoms with Gasteiger partial charge in [-0.1, -0.05) is 19.4 Å². The molecule has 5 aliphatic rings. The summed E-state index contributed by atoms with van der Waals surface area (Å²) in [6.45, 7) is 3.62. The van der Waals surface area contributed by atoms with E-state index in [9.17, 15) is 39.9 Å². The number of Topliss-reactive ketones (excluding diaryl/α,β-unsaturated/α-hetero) is 1. The highest BCUT2D eigenvalue weighted by atomic mass is 16.7. The third-order valence-corrected chi connectivity index (χ3v) is 10.8. The summed E-state index contributed by atoms with van der Waals surface area (Å²) in [6, 6.07) is 0. The zero-order valence-corrected chi connectivity index (χ0v) is 21.3. The molecule has 0 bridgehead atoms. The minimum atomic E-state index is -1.85. The average molecular weight is 523 g/mol. The number of aliphatic hydroxyl groups excluding tert-OH is 3. The van der Waals surface area contributed by atoms with E-state index in [1.54, 1.807) is 0 Å². The Morgan fingerprint density at radius 3 is 2.41 bits per heavy atom.